The van der Waals surface area contributed by atoms with Gasteiger partial charge >= 0.3 is 5.97 Å². The summed E-state index contributed by atoms with van der Waals surface area (Å²) in [5, 5.41) is 11.3. The van der Waals surface area contributed by atoms with Crippen LogP contribution in [0.15, 0.2) is 102 Å². The molecule has 0 radical (unpaired) electrons. The fourth-order valence-electron chi connectivity index (χ4n) is 3.51. The zero-order valence-corrected chi connectivity index (χ0v) is 18.3. The van der Waals surface area contributed by atoms with E-state index >= 15 is 0 Å². The van der Waals surface area contributed by atoms with Gasteiger partial charge in [-0.05, 0) is 23.3 Å². The van der Waals surface area contributed by atoms with Crippen LogP contribution in [0.2, 0.25) is 0 Å². The van der Waals surface area contributed by atoms with Crippen LogP contribution in [-0.4, -0.2) is 26.1 Å². The number of ether oxygens (including phenoxy) is 1. The molecule has 0 spiro atoms. The highest BCUT2D eigenvalue weighted by Gasteiger charge is 2.15. The van der Waals surface area contributed by atoms with Crippen LogP contribution in [0.25, 0.3) is 16.3 Å². The van der Waals surface area contributed by atoms with Gasteiger partial charge in [-0.3, -0.25) is 4.72 Å². The van der Waals surface area contributed by atoms with Crippen molar-refractivity contribution in [3.8, 4) is 5.75 Å². The molecule has 33 heavy (non-hydrogen) atoms. The summed E-state index contributed by atoms with van der Waals surface area (Å²) in [5.74, 6) is -0.732. The van der Waals surface area contributed by atoms with E-state index in [-0.39, 0.29) is 0 Å². The smallest absolute Gasteiger partial charge is 0.341 e. The van der Waals surface area contributed by atoms with Gasteiger partial charge in [0, 0.05) is 16.3 Å². The van der Waals surface area contributed by atoms with Crippen LogP contribution in [0.1, 0.15) is 11.1 Å². The average molecular weight is 460 g/mol. The number of carbonyl (C=O) groups is 1. The largest absolute Gasteiger partial charge is 0.481 e. The minimum atomic E-state index is -3.91. The van der Waals surface area contributed by atoms with Gasteiger partial charge in [0.1, 0.15) is 5.75 Å². The van der Waals surface area contributed by atoms with E-state index in [1.165, 1.54) is 5.41 Å². The fourth-order valence-corrected chi connectivity index (χ4v) is 4.64. The molecule has 0 amide bonds. The highest BCUT2D eigenvalue weighted by Crippen LogP contribution is 2.32. The number of carboxylic acid groups (broad SMARTS) is 1. The van der Waals surface area contributed by atoms with Crippen LogP contribution < -0.4 is 9.46 Å². The lowest BCUT2D eigenvalue weighted by molar-refractivity contribution is -0.139. The summed E-state index contributed by atoms with van der Waals surface area (Å²) in [6.45, 7) is -0.491. The third-order valence-corrected chi connectivity index (χ3v) is 5.98. The second kappa shape index (κ2) is 9.58. The highest BCUT2D eigenvalue weighted by atomic mass is 32.2. The molecule has 0 aliphatic heterocycles. The van der Waals surface area contributed by atoms with Crippen molar-refractivity contribution in [3.05, 3.63) is 114 Å². The molecule has 0 atom stereocenters. The maximum absolute atomic E-state index is 13.2. The lowest BCUT2D eigenvalue weighted by Gasteiger charge is -2.13. The maximum atomic E-state index is 13.2. The van der Waals surface area contributed by atoms with Gasteiger partial charge in [0.05, 0.1) is 11.1 Å². The number of rotatable bonds is 8. The number of sulfonamides is 1. The SMILES string of the molecule is O=C(O)COc1cccc2c(NS(=O)(=O)C=C(c3ccccc3)c3ccccc3)cccc12. The zero-order chi connectivity index (χ0) is 23.3. The Kier molecular flexibility index (Phi) is 6.42. The number of fused-ring (bicyclic) bond motifs is 1. The molecule has 0 aliphatic rings. The van der Waals surface area contributed by atoms with Crippen molar-refractivity contribution < 1.29 is 23.1 Å². The van der Waals surface area contributed by atoms with Gasteiger partial charge in [0.25, 0.3) is 10.0 Å². The third kappa shape index (κ3) is 5.39. The van der Waals surface area contributed by atoms with E-state index in [4.69, 9.17) is 9.84 Å². The molecular weight excluding hydrogens is 438 g/mol. The molecule has 4 rings (SSSR count). The molecule has 166 valence electrons. The number of carboxylic acids is 1. The Morgan fingerprint density at radius 2 is 1.36 bits per heavy atom. The predicted octanol–water partition coefficient (Wildman–Crippen LogP) is 5.13. The molecule has 4 aromatic carbocycles. The first kappa shape index (κ1) is 22.1. The van der Waals surface area contributed by atoms with Crippen molar-refractivity contribution in [1.29, 1.82) is 0 Å². The van der Waals surface area contributed by atoms with Gasteiger partial charge in [0.15, 0.2) is 6.61 Å². The molecule has 0 heterocycles. The Bertz CT molecular complexity index is 1370. The van der Waals surface area contributed by atoms with Crippen LogP contribution in [0.4, 0.5) is 5.69 Å². The predicted molar refractivity (Wildman–Crippen MR) is 130 cm³/mol. The summed E-state index contributed by atoms with van der Waals surface area (Å²) >= 11 is 0. The molecule has 0 unspecified atom stereocenters. The fraction of sp³-hybridized carbons (Fsp3) is 0.0385. The lowest BCUT2D eigenvalue weighted by atomic mass is 10.00. The van der Waals surface area contributed by atoms with Crippen LogP contribution in [0, 0.1) is 0 Å². The number of hydrogen-bond acceptors (Lipinski definition) is 4. The number of nitrogens with one attached hydrogen (secondary N) is 1. The minimum absolute atomic E-state index is 0.362. The highest BCUT2D eigenvalue weighted by molar-refractivity contribution is 7.95. The standard InChI is InChI=1S/C26H21NO5S/c28-26(29)17-32-25-16-8-13-21-22(25)14-7-15-24(21)27-33(30,31)18-23(19-9-3-1-4-10-19)20-11-5-2-6-12-20/h1-16,18,27H,17H2,(H,28,29). The molecule has 4 aromatic rings. The Balaban J connectivity index is 1.74. The van der Waals surface area contributed by atoms with Crippen molar-refractivity contribution in [2.75, 3.05) is 11.3 Å². The molecule has 0 fully saturated rings. The molecule has 0 bridgehead atoms. The third-order valence-electron chi connectivity index (χ3n) is 4.93. The van der Waals surface area contributed by atoms with Gasteiger partial charge in [-0.25, -0.2) is 13.2 Å². The second-order valence-electron chi connectivity index (χ2n) is 7.25. The van der Waals surface area contributed by atoms with Crippen molar-refractivity contribution in [3.63, 3.8) is 0 Å². The summed E-state index contributed by atoms with van der Waals surface area (Å²) in [6, 6.07) is 28.8. The maximum Gasteiger partial charge on any atom is 0.341 e. The van der Waals surface area contributed by atoms with Gasteiger partial charge < -0.3 is 9.84 Å². The molecule has 6 nitrogen and oxygen atoms in total. The Labute approximate surface area is 191 Å². The van der Waals surface area contributed by atoms with Crippen LogP contribution in [0.5, 0.6) is 5.75 Å². The first-order valence-corrected chi connectivity index (χ1v) is 11.7. The zero-order valence-electron chi connectivity index (χ0n) is 17.5. The summed E-state index contributed by atoms with van der Waals surface area (Å²) in [6.07, 6.45) is 0. The van der Waals surface area contributed by atoms with Gasteiger partial charge in [-0.2, -0.15) is 0 Å². The molecule has 0 aliphatic carbocycles. The minimum Gasteiger partial charge on any atom is -0.481 e. The number of benzene rings is 4. The Hall–Kier alpha value is -4.10. The normalized spacial score (nSPS) is 11.0. The summed E-state index contributed by atoms with van der Waals surface area (Å²) in [4.78, 5) is 10.9. The lowest BCUT2D eigenvalue weighted by Crippen LogP contribution is -2.11. The van der Waals surface area contributed by atoms with Crippen LogP contribution in [0.3, 0.4) is 0 Å². The van der Waals surface area contributed by atoms with Crippen molar-refractivity contribution in [1.82, 2.24) is 0 Å². The Morgan fingerprint density at radius 1 is 0.788 bits per heavy atom. The quantitative estimate of drug-likeness (QED) is 0.381. The van der Waals surface area contributed by atoms with Gasteiger partial charge in [-0.1, -0.05) is 84.9 Å². The number of anilines is 1. The first-order chi connectivity index (χ1) is 15.9. The van der Waals surface area contributed by atoms with E-state index < -0.39 is 22.6 Å². The molecule has 0 saturated carbocycles. The molecular formula is C26H21NO5S. The average Bonchev–Trinajstić information content (AvgIpc) is 2.82. The van der Waals surface area contributed by atoms with E-state index in [0.29, 0.717) is 27.8 Å². The van der Waals surface area contributed by atoms with Crippen molar-refractivity contribution in [2.24, 2.45) is 0 Å². The van der Waals surface area contributed by atoms with Crippen LogP contribution in [-0.2, 0) is 14.8 Å². The Morgan fingerprint density at radius 3 is 1.97 bits per heavy atom. The van der Waals surface area contributed by atoms with E-state index in [1.807, 2.05) is 60.7 Å². The number of hydrogen-bond donors (Lipinski definition) is 2. The summed E-state index contributed by atoms with van der Waals surface area (Å²) in [5.41, 5.74) is 2.48. The van der Waals surface area contributed by atoms with E-state index in [0.717, 1.165) is 11.1 Å². The van der Waals surface area contributed by atoms with E-state index in [2.05, 4.69) is 4.72 Å². The van der Waals surface area contributed by atoms with E-state index in [9.17, 15) is 13.2 Å². The molecule has 7 heteroatoms. The van der Waals surface area contributed by atoms with Gasteiger partial charge in [0.2, 0.25) is 0 Å². The van der Waals surface area contributed by atoms with E-state index in [1.54, 1.807) is 36.4 Å². The summed E-state index contributed by atoms with van der Waals surface area (Å²) in [7, 11) is -3.91. The molecule has 0 aromatic heterocycles. The van der Waals surface area contributed by atoms with Crippen LogP contribution >= 0.6 is 0 Å². The number of aliphatic carboxylic acids is 1. The molecule has 2 N–H and O–H groups in total. The monoisotopic (exact) mass is 459 g/mol. The molecule has 0 saturated heterocycles. The topological polar surface area (TPSA) is 92.7 Å². The van der Waals surface area contributed by atoms with Crippen molar-refractivity contribution >= 4 is 38.0 Å². The summed E-state index contributed by atoms with van der Waals surface area (Å²) < 4.78 is 34.4. The first-order valence-electron chi connectivity index (χ1n) is 10.1. The van der Waals surface area contributed by atoms with Gasteiger partial charge in [-0.15, -0.1) is 0 Å². The second-order valence-corrected chi connectivity index (χ2v) is 8.78. The van der Waals surface area contributed by atoms with Crippen molar-refractivity contribution in [2.45, 2.75) is 0 Å².